The first-order valence-corrected chi connectivity index (χ1v) is 16.1. The van der Waals surface area contributed by atoms with Crippen LogP contribution >= 0.6 is 11.3 Å². The van der Waals surface area contributed by atoms with Crippen LogP contribution in [-0.4, -0.2) is 27.9 Å². The second-order valence-corrected chi connectivity index (χ2v) is 12.9. The third-order valence-corrected chi connectivity index (χ3v) is 10.5. The summed E-state index contributed by atoms with van der Waals surface area (Å²) in [5, 5.41) is 2.53. The van der Waals surface area contributed by atoms with Crippen LogP contribution in [0.3, 0.4) is 0 Å². The molecule has 5 aromatic carbocycles. The van der Waals surface area contributed by atoms with Gasteiger partial charge in [0.15, 0.2) is 4.96 Å². The van der Waals surface area contributed by atoms with E-state index in [-0.39, 0.29) is 0 Å². The van der Waals surface area contributed by atoms with E-state index in [1.54, 1.807) is 11.3 Å². The highest BCUT2D eigenvalue weighted by Crippen LogP contribution is 2.37. The van der Waals surface area contributed by atoms with E-state index in [1.807, 2.05) is 6.07 Å². The molecule has 5 heterocycles. The molecule has 1 aliphatic carbocycles. The molecule has 11 rings (SSSR count). The van der Waals surface area contributed by atoms with Crippen molar-refractivity contribution in [1.82, 2.24) is 27.9 Å². The van der Waals surface area contributed by atoms with Gasteiger partial charge in [0.25, 0.3) is 0 Å². The zero-order valence-corrected chi connectivity index (χ0v) is 24.9. The lowest BCUT2D eigenvalue weighted by atomic mass is 10.1. The van der Waals surface area contributed by atoms with Gasteiger partial charge in [-0.05, 0) is 79.6 Å². The Morgan fingerprint density at radius 2 is 1.29 bits per heavy atom. The van der Waals surface area contributed by atoms with Crippen LogP contribution < -0.4 is 0 Å². The molecule has 0 atom stereocenters. The van der Waals surface area contributed by atoms with E-state index >= 15 is 0 Å². The minimum absolute atomic E-state index is 0.951. The van der Waals surface area contributed by atoms with Gasteiger partial charge in [0.2, 0.25) is 5.78 Å². The van der Waals surface area contributed by atoms with Crippen LogP contribution in [0.4, 0.5) is 0 Å². The second-order valence-electron chi connectivity index (χ2n) is 11.9. The maximum Gasteiger partial charge on any atom is 0.220 e. The summed E-state index contributed by atoms with van der Waals surface area (Å²) in [5.41, 5.74) is 12.6. The lowest BCUT2D eigenvalue weighted by Gasteiger charge is -2.10. The van der Waals surface area contributed by atoms with Gasteiger partial charge < -0.3 is 4.57 Å². The van der Waals surface area contributed by atoms with Gasteiger partial charge in [0.05, 0.1) is 60.4 Å². The minimum atomic E-state index is 0.951. The van der Waals surface area contributed by atoms with Crippen molar-refractivity contribution in [3.8, 4) is 11.4 Å². The van der Waals surface area contributed by atoms with E-state index < -0.39 is 0 Å². The summed E-state index contributed by atoms with van der Waals surface area (Å²) < 4.78 is 10.6. The van der Waals surface area contributed by atoms with Crippen LogP contribution in [0.25, 0.3) is 82.3 Å². The van der Waals surface area contributed by atoms with E-state index in [9.17, 15) is 0 Å². The number of aromatic nitrogens is 6. The molecule has 0 amide bonds. The molecular weight excluding hydrogens is 573 g/mol. The first-order chi connectivity index (χ1) is 22.3. The molecule has 45 heavy (non-hydrogen) atoms. The van der Waals surface area contributed by atoms with Crippen LogP contribution in [-0.2, 0) is 6.42 Å². The number of imidazole rings is 3. The van der Waals surface area contributed by atoms with Gasteiger partial charge in [-0.15, -0.1) is 0 Å². The second kappa shape index (κ2) is 8.49. The fourth-order valence-corrected chi connectivity index (χ4v) is 8.59. The van der Waals surface area contributed by atoms with Crippen molar-refractivity contribution in [2.24, 2.45) is 0 Å². The Morgan fingerprint density at radius 3 is 2.11 bits per heavy atom. The Bertz CT molecular complexity index is 2830. The molecule has 0 saturated carbocycles. The first kappa shape index (κ1) is 23.8. The highest BCUT2D eigenvalue weighted by molar-refractivity contribution is 7.23. The van der Waals surface area contributed by atoms with E-state index in [2.05, 4.69) is 133 Å². The third kappa shape index (κ3) is 3.07. The molecule has 212 valence electrons. The smallest absolute Gasteiger partial charge is 0.220 e. The van der Waals surface area contributed by atoms with E-state index in [1.165, 1.54) is 37.7 Å². The molecule has 0 aliphatic heterocycles. The van der Waals surface area contributed by atoms with Crippen molar-refractivity contribution in [3.63, 3.8) is 0 Å². The lowest BCUT2D eigenvalue weighted by Crippen LogP contribution is -1.98. The molecule has 0 radical (unpaired) electrons. The Labute approximate surface area is 260 Å². The van der Waals surface area contributed by atoms with E-state index in [0.29, 0.717) is 0 Å². The number of allylic oxidation sites excluding steroid dienone is 1. The number of nitrogens with zero attached hydrogens (tertiary/aromatic N) is 6. The van der Waals surface area contributed by atoms with Gasteiger partial charge in [-0.1, -0.05) is 65.9 Å². The fourth-order valence-electron chi connectivity index (χ4n) is 7.52. The molecule has 5 aromatic heterocycles. The third-order valence-electron chi connectivity index (χ3n) is 9.45. The number of aryl methyl sites for hydroxylation is 1. The molecule has 0 N–H and O–H groups in total. The van der Waals surface area contributed by atoms with Crippen molar-refractivity contribution >= 4 is 82.2 Å². The van der Waals surface area contributed by atoms with Gasteiger partial charge in [-0.25, -0.2) is 9.97 Å². The highest BCUT2D eigenvalue weighted by atomic mass is 32.1. The maximum absolute atomic E-state index is 5.27. The zero-order valence-electron chi connectivity index (χ0n) is 24.1. The van der Waals surface area contributed by atoms with Crippen molar-refractivity contribution in [2.75, 3.05) is 0 Å². The Hall–Kier alpha value is -5.66. The number of hydrogen-bond donors (Lipinski definition) is 0. The summed E-state index contributed by atoms with van der Waals surface area (Å²) in [6.45, 7) is 0. The first-order valence-electron chi connectivity index (χ1n) is 15.3. The number of rotatable bonds is 2. The molecular formula is C38H24N6S. The normalized spacial score (nSPS) is 13.5. The summed E-state index contributed by atoms with van der Waals surface area (Å²) in [6, 6.07) is 39.4. The maximum atomic E-state index is 5.27. The highest BCUT2D eigenvalue weighted by Gasteiger charge is 2.23. The molecule has 0 unspecified atom stereocenters. The van der Waals surface area contributed by atoms with Gasteiger partial charge in [-0.3, -0.25) is 13.4 Å². The van der Waals surface area contributed by atoms with Crippen LogP contribution in [0.5, 0.6) is 0 Å². The average Bonchev–Trinajstić information content (AvgIpc) is 3.87. The van der Waals surface area contributed by atoms with Crippen LogP contribution in [0.1, 0.15) is 17.8 Å². The van der Waals surface area contributed by atoms with E-state index in [0.717, 1.165) is 62.7 Å². The molecule has 0 saturated heterocycles. The molecule has 0 fully saturated rings. The number of thiazole rings is 1. The Kier molecular flexibility index (Phi) is 4.48. The van der Waals surface area contributed by atoms with Crippen molar-refractivity contribution in [3.05, 3.63) is 127 Å². The predicted octanol–water partition coefficient (Wildman–Crippen LogP) is 9.35. The Balaban J connectivity index is 1.20. The quantitative estimate of drug-likeness (QED) is 0.200. The number of hydrogen-bond acceptors (Lipinski definition) is 3. The molecule has 7 heteroatoms. The summed E-state index contributed by atoms with van der Waals surface area (Å²) >= 11 is 1.74. The van der Waals surface area contributed by atoms with Crippen LogP contribution in [0.15, 0.2) is 115 Å². The largest absolute Gasteiger partial charge is 0.309 e. The van der Waals surface area contributed by atoms with Gasteiger partial charge in [0.1, 0.15) is 0 Å². The molecule has 6 nitrogen and oxygen atoms in total. The monoisotopic (exact) mass is 596 g/mol. The molecule has 0 spiro atoms. The number of para-hydroxylation sites is 4. The van der Waals surface area contributed by atoms with Crippen LogP contribution in [0, 0.1) is 0 Å². The average molecular weight is 597 g/mol. The molecule has 1 aliphatic rings. The summed E-state index contributed by atoms with van der Waals surface area (Å²) in [7, 11) is 0. The summed E-state index contributed by atoms with van der Waals surface area (Å²) in [5.74, 6) is 0.951. The van der Waals surface area contributed by atoms with Crippen molar-refractivity contribution < 1.29 is 0 Å². The number of fused-ring (bicyclic) bond motifs is 13. The van der Waals surface area contributed by atoms with Crippen molar-refractivity contribution in [1.29, 1.82) is 0 Å². The number of benzene rings is 5. The fraction of sp³-hybridized carbons (Fsp3) is 0.0526. The summed E-state index contributed by atoms with van der Waals surface area (Å²) in [4.78, 5) is 11.2. The molecule has 10 aromatic rings. The predicted molar refractivity (Wildman–Crippen MR) is 185 cm³/mol. The minimum Gasteiger partial charge on any atom is -0.309 e. The standard InChI is InChI=1S/C38H24N6S/c1-5-13-29-25(9-1)26-10-2-6-14-30(26)41(29)23-17-19-33-35(21-23)43-31-15-7-3-11-27(31)39-37(43)42(33)24-18-20-34-36(22-24)45-38-40-28-12-4-8-16-32(28)44(34)38/h1-2,4-10,12-22H,3,11H2. The van der Waals surface area contributed by atoms with Gasteiger partial charge in [0, 0.05) is 16.5 Å². The SMILES string of the molecule is C1=Cc2c(nc3n(-c4ccc5c(c4)sc4nc6ccccc6n45)c4ccc(-n5c6ccccc6c6ccccc65)cc4n23)CC1. The van der Waals surface area contributed by atoms with Crippen LogP contribution in [0.2, 0.25) is 0 Å². The zero-order chi connectivity index (χ0) is 29.2. The molecule has 0 bridgehead atoms. The van der Waals surface area contributed by atoms with Gasteiger partial charge in [-0.2, -0.15) is 0 Å². The van der Waals surface area contributed by atoms with Crippen molar-refractivity contribution in [2.45, 2.75) is 12.8 Å². The lowest BCUT2D eigenvalue weighted by molar-refractivity contribution is 0.940. The summed E-state index contributed by atoms with van der Waals surface area (Å²) in [6.07, 6.45) is 6.50. The van der Waals surface area contributed by atoms with Gasteiger partial charge >= 0.3 is 0 Å². The Morgan fingerprint density at radius 1 is 0.578 bits per heavy atom. The topological polar surface area (TPSA) is 44.5 Å². The van der Waals surface area contributed by atoms with E-state index in [4.69, 9.17) is 9.97 Å².